The third-order valence-corrected chi connectivity index (χ3v) is 7.11. The summed E-state index contributed by atoms with van der Waals surface area (Å²) in [6.45, 7) is 3.52. The fraction of sp³-hybridized carbons (Fsp3) is 0.500. The highest BCUT2D eigenvalue weighted by atomic mass is 16.3. The summed E-state index contributed by atoms with van der Waals surface area (Å²) in [5.41, 5.74) is 2.32. The summed E-state index contributed by atoms with van der Waals surface area (Å²) >= 11 is 0. The summed E-state index contributed by atoms with van der Waals surface area (Å²) in [5, 5.41) is 11.7. The van der Waals surface area contributed by atoms with Gasteiger partial charge in [0.2, 0.25) is 5.91 Å². The van der Waals surface area contributed by atoms with Gasteiger partial charge in [-0.25, -0.2) is 0 Å². The second kappa shape index (κ2) is 7.54. The quantitative estimate of drug-likeness (QED) is 0.869. The fourth-order valence-electron chi connectivity index (χ4n) is 5.65. The number of amides is 1. The molecule has 1 N–H and O–H groups in total. The number of benzene rings is 1. The number of piperidine rings is 1. The van der Waals surface area contributed by atoms with Gasteiger partial charge in [0, 0.05) is 56.3 Å². The molecular formula is C24H29N3O2. The predicted octanol–water partition coefficient (Wildman–Crippen LogP) is 3.33. The van der Waals surface area contributed by atoms with Crippen molar-refractivity contribution in [3.8, 4) is 0 Å². The first-order chi connectivity index (χ1) is 14.1. The van der Waals surface area contributed by atoms with Crippen LogP contribution >= 0.6 is 0 Å². The number of hydrogen-bond donors (Lipinski definition) is 1. The zero-order valence-corrected chi connectivity index (χ0v) is 16.8. The summed E-state index contributed by atoms with van der Waals surface area (Å²) in [7, 11) is 0. The van der Waals surface area contributed by atoms with Crippen LogP contribution in [0.4, 0.5) is 5.69 Å². The molecule has 152 valence electrons. The first-order valence-electron chi connectivity index (χ1n) is 10.9. The molecule has 1 saturated carbocycles. The van der Waals surface area contributed by atoms with Gasteiger partial charge in [-0.15, -0.1) is 0 Å². The van der Waals surface area contributed by atoms with Gasteiger partial charge in [-0.1, -0.05) is 24.6 Å². The average molecular weight is 392 g/mol. The van der Waals surface area contributed by atoms with Crippen molar-refractivity contribution in [2.45, 2.75) is 44.2 Å². The summed E-state index contributed by atoms with van der Waals surface area (Å²) in [4.78, 5) is 20.9. The minimum Gasteiger partial charge on any atom is -0.383 e. The van der Waals surface area contributed by atoms with Crippen molar-refractivity contribution in [1.29, 1.82) is 0 Å². The van der Waals surface area contributed by atoms with Gasteiger partial charge in [-0.05, 0) is 49.1 Å². The van der Waals surface area contributed by atoms with E-state index in [9.17, 15) is 9.90 Å². The molecule has 0 spiro atoms. The van der Waals surface area contributed by atoms with Crippen molar-refractivity contribution in [3.05, 3.63) is 59.9 Å². The van der Waals surface area contributed by atoms with Crippen LogP contribution < -0.4 is 4.90 Å². The Bertz CT molecular complexity index is 853. The van der Waals surface area contributed by atoms with E-state index in [0.717, 1.165) is 56.8 Å². The van der Waals surface area contributed by atoms with E-state index in [-0.39, 0.29) is 17.7 Å². The van der Waals surface area contributed by atoms with Crippen molar-refractivity contribution in [1.82, 2.24) is 9.88 Å². The fourth-order valence-corrected chi connectivity index (χ4v) is 5.65. The lowest BCUT2D eigenvalue weighted by Crippen LogP contribution is -2.58. The zero-order valence-electron chi connectivity index (χ0n) is 16.8. The number of anilines is 1. The molecule has 2 bridgehead atoms. The molecule has 3 fully saturated rings. The predicted molar refractivity (Wildman–Crippen MR) is 112 cm³/mol. The smallest absolute Gasteiger partial charge is 0.227 e. The molecule has 0 unspecified atom stereocenters. The van der Waals surface area contributed by atoms with E-state index in [1.165, 1.54) is 12.0 Å². The van der Waals surface area contributed by atoms with E-state index in [1.54, 1.807) is 6.20 Å². The Morgan fingerprint density at radius 2 is 1.79 bits per heavy atom. The molecule has 1 aromatic carbocycles. The van der Waals surface area contributed by atoms with E-state index in [4.69, 9.17) is 0 Å². The number of hydrogen-bond acceptors (Lipinski definition) is 4. The van der Waals surface area contributed by atoms with E-state index in [1.807, 2.05) is 23.1 Å². The Labute approximate surface area is 172 Å². The molecule has 5 heteroatoms. The molecule has 2 aliphatic heterocycles. The molecule has 5 nitrogen and oxygen atoms in total. The molecule has 1 aliphatic carbocycles. The zero-order chi connectivity index (χ0) is 19.8. The molecule has 1 aromatic heterocycles. The van der Waals surface area contributed by atoms with Crippen molar-refractivity contribution in [2.24, 2.45) is 11.8 Å². The second-order valence-electron chi connectivity index (χ2n) is 8.87. The molecule has 3 aliphatic rings. The van der Waals surface area contributed by atoms with Crippen LogP contribution in [-0.4, -0.2) is 40.5 Å². The molecule has 0 radical (unpaired) electrons. The van der Waals surface area contributed by atoms with Crippen molar-refractivity contribution in [2.75, 3.05) is 24.5 Å². The van der Waals surface area contributed by atoms with Crippen molar-refractivity contribution >= 4 is 11.6 Å². The van der Waals surface area contributed by atoms with Crippen LogP contribution in [0.2, 0.25) is 0 Å². The third kappa shape index (κ3) is 3.36. The van der Waals surface area contributed by atoms with Crippen LogP contribution in [0.5, 0.6) is 0 Å². The van der Waals surface area contributed by atoms with Gasteiger partial charge in [0.25, 0.3) is 0 Å². The number of carbonyl (C=O) groups excluding carboxylic acids is 1. The van der Waals surface area contributed by atoms with Gasteiger partial charge in [0.05, 0.1) is 5.69 Å². The van der Waals surface area contributed by atoms with Gasteiger partial charge in [0.1, 0.15) is 5.60 Å². The summed E-state index contributed by atoms with van der Waals surface area (Å²) < 4.78 is 0. The number of rotatable bonds is 4. The number of aromatic nitrogens is 1. The van der Waals surface area contributed by atoms with Gasteiger partial charge >= 0.3 is 0 Å². The van der Waals surface area contributed by atoms with Gasteiger partial charge in [0.15, 0.2) is 0 Å². The molecule has 1 amide bonds. The van der Waals surface area contributed by atoms with E-state index in [0.29, 0.717) is 6.42 Å². The number of aliphatic hydroxyl groups is 1. The van der Waals surface area contributed by atoms with Crippen molar-refractivity contribution in [3.63, 3.8) is 0 Å². The normalized spacial score (nSPS) is 30.0. The van der Waals surface area contributed by atoms with Gasteiger partial charge in [-0.2, -0.15) is 0 Å². The summed E-state index contributed by atoms with van der Waals surface area (Å²) in [6, 6.07) is 14.3. The largest absolute Gasteiger partial charge is 0.383 e. The maximum Gasteiger partial charge on any atom is 0.227 e. The second-order valence-corrected chi connectivity index (χ2v) is 8.87. The maximum absolute atomic E-state index is 12.0. The highest BCUT2D eigenvalue weighted by Gasteiger charge is 2.52. The molecule has 2 saturated heterocycles. The van der Waals surface area contributed by atoms with Gasteiger partial charge < -0.3 is 10.0 Å². The van der Waals surface area contributed by atoms with Crippen molar-refractivity contribution < 1.29 is 9.90 Å². The topological polar surface area (TPSA) is 56.7 Å². The Hall–Kier alpha value is -2.24. The number of carbonyl (C=O) groups is 1. The minimum absolute atomic E-state index is 0.228. The van der Waals surface area contributed by atoms with Crippen LogP contribution in [-0.2, 0) is 16.9 Å². The average Bonchev–Trinajstić information content (AvgIpc) is 3.16. The SMILES string of the molecule is O=C1CCCN1c1ccc(CN2C[C@H]3CCC[C@H](C2)C3(O)c2ccccn2)cc1. The lowest BCUT2D eigenvalue weighted by molar-refractivity contribution is -0.151. The van der Waals surface area contributed by atoms with E-state index in [2.05, 4.69) is 34.1 Å². The highest BCUT2D eigenvalue weighted by molar-refractivity contribution is 5.95. The van der Waals surface area contributed by atoms with Crippen LogP contribution in [0.1, 0.15) is 43.4 Å². The van der Waals surface area contributed by atoms with Crippen LogP contribution in [0.15, 0.2) is 48.7 Å². The lowest BCUT2D eigenvalue weighted by atomic mass is 9.64. The maximum atomic E-state index is 12.0. The summed E-state index contributed by atoms with van der Waals surface area (Å²) in [5.74, 6) is 0.688. The number of nitrogens with zero attached hydrogens (tertiary/aromatic N) is 3. The number of likely N-dealkylation sites (tertiary alicyclic amines) is 1. The molecular weight excluding hydrogens is 362 g/mol. The minimum atomic E-state index is -0.796. The Kier molecular flexibility index (Phi) is 4.88. The van der Waals surface area contributed by atoms with E-state index < -0.39 is 5.60 Å². The highest BCUT2D eigenvalue weighted by Crippen LogP contribution is 2.48. The molecule has 5 rings (SSSR count). The van der Waals surface area contributed by atoms with E-state index >= 15 is 0 Å². The van der Waals surface area contributed by atoms with Crippen LogP contribution in [0.3, 0.4) is 0 Å². The number of pyridine rings is 1. The monoisotopic (exact) mass is 391 g/mol. The lowest BCUT2D eigenvalue weighted by Gasteiger charge is -2.52. The Morgan fingerprint density at radius 3 is 2.41 bits per heavy atom. The standard InChI is InChI=1S/C24H29N3O2/c28-23-8-4-14-27(23)21-11-9-18(10-12-21)15-26-16-19-5-3-6-20(17-26)24(19,29)22-7-1-2-13-25-22/h1-2,7,9-13,19-20,29H,3-6,8,14-17H2/t19-,20-/m1/s1. The van der Waals surface area contributed by atoms with Crippen LogP contribution in [0, 0.1) is 11.8 Å². The van der Waals surface area contributed by atoms with Crippen LogP contribution in [0.25, 0.3) is 0 Å². The molecule has 3 heterocycles. The third-order valence-electron chi connectivity index (χ3n) is 7.11. The first kappa shape index (κ1) is 18.8. The first-order valence-corrected chi connectivity index (χ1v) is 10.9. The molecule has 2 atom stereocenters. The van der Waals surface area contributed by atoms with Gasteiger partial charge in [-0.3, -0.25) is 14.7 Å². The Morgan fingerprint density at radius 1 is 1.03 bits per heavy atom. The molecule has 2 aromatic rings. The number of fused-ring (bicyclic) bond motifs is 2. The summed E-state index contributed by atoms with van der Waals surface area (Å²) in [6.07, 6.45) is 6.71. The Balaban J connectivity index is 1.30. The molecule has 29 heavy (non-hydrogen) atoms.